The van der Waals surface area contributed by atoms with Gasteiger partial charge in [-0.1, -0.05) is 44.2 Å². The first kappa shape index (κ1) is 20.2. The van der Waals surface area contributed by atoms with Crippen molar-refractivity contribution >= 4 is 23.5 Å². The number of nitrogens with zero attached hydrogens (tertiary/aromatic N) is 1. The molecule has 7 heteroatoms. The first-order chi connectivity index (χ1) is 13.5. The minimum absolute atomic E-state index is 0.0248. The highest BCUT2D eigenvalue weighted by Crippen LogP contribution is 2.31. The summed E-state index contributed by atoms with van der Waals surface area (Å²) in [5, 5.41) is 12.0. The number of benzene rings is 1. The van der Waals surface area contributed by atoms with E-state index in [9.17, 15) is 14.4 Å². The Morgan fingerprint density at radius 2 is 1.96 bits per heavy atom. The number of nitrogens with one attached hydrogen (secondary N) is 1. The average molecular weight is 388 g/mol. The number of aliphatic carboxylic acids is 1. The van der Waals surface area contributed by atoms with Crippen molar-refractivity contribution in [3.05, 3.63) is 24.3 Å². The second kappa shape index (κ2) is 9.57. The molecule has 0 spiro atoms. The van der Waals surface area contributed by atoms with E-state index in [2.05, 4.69) is 5.32 Å². The summed E-state index contributed by atoms with van der Waals surface area (Å²) >= 11 is 0. The van der Waals surface area contributed by atoms with Crippen molar-refractivity contribution in [1.82, 2.24) is 5.32 Å². The molecule has 1 saturated carbocycles. The maximum Gasteiger partial charge on any atom is 0.303 e. The number of amides is 2. The highest BCUT2D eigenvalue weighted by molar-refractivity contribution is 6.02. The van der Waals surface area contributed by atoms with Gasteiger partial charge in [-0.05, 0) is 30.9 Å². The molecule has 7 nitrogen and oxygen atoms in total. The number of ether oxygens (including phenoxy) is 1. The molecule has 0 radical (unpaired) electrons. The molecule has 2 N–H and O–H groups in total. The third-order valence-electron chi connectivity index (χ3n) is 5.52. The third-order valence-corrected chi connectivity index (χ3v) is 5.52. The maximum absolute atomic E-state index is 12.7. The maximum atomic E-state index is 12.7. The van der Waals surface area contributed by atoms with Crippen molar-refractivity contribution in [2.24, 2.45) is 5.92 Å². The Balaban J connectivity index is 1.62. The fourth-order valence-electron chi connectivity index (χ4n) is 4.12. The molecule has 1 heterocycles. The number of hydrogen-bond acceptors (Lipinski definition) is 4. The average Bonchev–Trinajstić information content (AvgIpc) is 2.69. The molecule has 1 aliphatic carbocycles. The molecular formula is C21H28N2O5. The van der Waals surface area contributed by atoms with Crippen molar-refractivity contribution in [1.29, 1.82) is 0 Å². The van der Waals surface area contributed by atoms with Crippen LogP contribution in [0, 0.1) is 5.92 Å². The number of carbonyl (C=O) groups is 3. The molecule has 0 saturated heterocycles. The smallest absolute Gasteiger partial charge is 0.303 e. The SMILES string of the molecule is O=C(O)CCC(CC1CCCCC1)NC(=O)CN1C(=O)COc2ccccc21. The minimum Gasteiger partial charge on any atom is -0.482 e. The number of rotatable bonds is 8. The summed E-state index contributed by atoms with van der Waals surface area (Å²) in [4.78, 5) is 37.4. The zero-order valence-corrected chi connectivity index (χ0v) is 16.1. The molecule has 0 bridgehead atoms. The quantitative estimate of drug-likeness (QED) is 0.714. The lowest BCUT2D eigenvalue weighted by Gasteiger charge is -2.30. The van der Waals surface area contributed by atoms with Crippen molar-refractivity contribution in [2.45, 2.75) is 57.4 Å². The molecule has 1 atom stereocenters. The first-order valence-electron chi connectivity index (χ1n) is 10.1. The Bertz CT molecular complexity index is 715. The van der Waals surface area contributed by atoms with E-state index in [-0.39, 0.29) is 37.4 Å². The number of para-hydroxylation sites is 2. The van der Waals surface area contributed by atoms with Crippen molar-refractivity contribution < 1.29 is 24.2 Å². The predicted octanol–water partition coefficient (Wildman–Crippen LogP) is 2.73. The topological polar surface area (TPSA) is 95.9 Å². The Kier molecular flexibility index (Phi) is 6.90. The molecule has 2 amide bonds. The van der Waals surface area contributed by atoms with Gasteiger partial charge < -0.3 is 15.2 Å². The van der Waals surface area contributed by atoms with Crippen molar-refractivity contribution in [3.8, 4) is 5.75 Å². The standard InChI is InChI=1S/C21H28N2O5/c24-19(13-23-17-8-4-5-9-18(17)28-14-20(23)25)22-16(10-11-21(26)27)12-15-6-2-1-3-7-15/h4-5,8-9,15-16H,1-3,6-7,10-14H2,(H,22,24)(H,26,27). The lowest BCUT2D eigenvalue weighted by atomic mass is 9.84. The van der Waals surface area contributed by atoms with E-state index in [1.807, 2.05) is 6.07 Å². The molecule has 1 fully saturated rings. The molecule has 0 aromatic heterocycles. The highest BCUT2D eigenvalue weighted by atomic mass is 16.5. The summed E-state index contributed by atoms with van der Waals surface area (Å²) in [7, 11) is 0. The van der Waals surface area contributed by atoms with E-state index >= 15 is 0 Å². The Morgan fingerprint density at radius 1 is 1.21 bits per heavy atom. The van der Waals surface area contributed by atoms with Crippen molar-refractivity contribution in [3.63, 3.8) is 0 Å². The molecule has 28 heavy (non-hydrogen) atoms. The number of anilines is 1. The van der Waals surface area contributed by atoms with E-state index in [1.54, 1.807) is 18.2 Å². The molecule has 3 rings (SSSR count). The normalized spacial score (nSPS) is 18.1. The fourth-order valence-corrected chi connectivity index (χ4v) is 4.12. The fraction of sp³-hybridized carbons (Fsp3) is 0.571. The van der Waals surface area contributed by atoms with E-state index in [0.717, 1.165) is 19.3 Å². The number of carbonyl (C=O) groups excluding carboxylic acids is 2. The van der Waals surface area contributed by atoms with Crippen LogP contribution in [0.2, 0.25) is 0 Å². The van der Waals surface area contributed by atoms with Gasteiger partial charge in [-0.2, -0.15) is 0 Å². The zero-order chi connectivity index (χ0) is 19.9. The molecule has 1 unspecified atom stereocenters. The van der Waals surface area contributed by atoms with Gasteiger partial charge in [0.2, 0.25) is 5.91 Å². The van der Waals surface area contributed by atoms with Crippen LogP contribution in [-0.2, 0) is 14.4 Å². The van der Waals surface area contributed by atoms with Crippen LogP contribution in [0.25, 0.3) is 0 Å². The van der Waals surface area contributed by atoms with Gasteiger partial charge in [0.1, 0.15) is 12.3 Å². The second-order valence-corrected chi connectivity index (χ2v) is 7.67. The van der Waals surface area contributed by atoms with Crippen LogP contribution in [0.3, 0.4) is 0 Å². The Morgan fingerprint density at radius 3 is 2.71 bits per heavy atom. The molecular weight excluding hydrogens is 360 g/mol. The summed E-state index contributed by atoms with van der Waals surface area (Å²) in [6, 6.07) is 6.96. The second-order valence-electron chi connectivity index (χ2n) is 7.67. The van der Waals surface area contributed by atoms with Gasteiger partial charge in [-0.25, -0.2) is 0 Å². The van der Waals surface area contributed by atoms with Crippen LogP contribution in [0.1, 0.15) is 51.4 Å². The summed E-state index contributed by atoms with van der Waals surface area (Å²) in [5.41, 5.74) is 0.586. The van der Waals surface area contributed by atoms with Crippen LogP contribution >= 0.6 is 0 Å². The number of fused-ring (bicyclic) bond motifs is 1. The lowest BCUT2D eigenvalue weighted by molar-refractivity contribution is -0.137. The molecule has 1 aromatic rings. The largest absolute Gasteiger partial charge is 0.482 e. The van der Waals surface area contributed by atoms with Gasteiger partial charge in [0.25, 0.3) is 5.91 Å². The summed E-state index contributed by atoms with van der Waals surface area (Å²) in [5.74, 6) is -0.280. The van der Waals surface area contributed by atoms with Gasteiger partial charge >= 0.3 is 5.97 Å². The van der Waals surface area contributed by atoms with E-state index in [4.69, 9.17) is 9.84 Å². The van der Waals surface area contributed by atoms with E-state index < -0.39 is 5.97 Å². The molecule has 1 aliphatic heterocycles. The van der Waals surface area contributed by atoms with E-state index in [0.29, 0.717) is 23.8 Å². The zero-order valence-electron chi connectivity index (χ0n) is 16.1. The van der Waals surface area contributed by atoms with Crippen LogP contribution < -0.4 is 15.0 Å². The summed E-state index contributed by atoms with van der Waals surface area (Å²) in [6.07, 6.45) is 7.15. The van der Waals surface area contributed by atoms with Crippen LogP contribution in [-0.4, -0.2) is 42.1 Å². The van der Waals surface area contributed by atoms with Gasteiger partial charge in [0.15, 0.2) is 6.61 Å². The Hall–Kier alpha value is -2.57. The molecule has 152 valence electrons. The number of carboxylic acids is 1. The number of hydrogen-bond donors (Lipinski definition) is 2. The summed E-state index contributed by atoms with van der Waals surface area (Å²) < 4.78 is 5.41. The monoisotopic (exact) mass is 388 g/mol. The van der Waals surface area contributed by atoms with Gasteiger partial charge in [-0.15, -0.1) is 0 Å². The minimum atomic E-state index is -0.861. The lowest BCUT2D eigenvalue weighted by Crippen LogP contribution is -2.47. The third kappa shape index (κ3) is 5.47. The molecule has 2 aliphatic rings. The number of carboxylic acid groups (broad SMARTS) is 1. The van der Waals surface area contributed by atoms with E-state index in [1.165, 1.54) is 24.2 Å². The van der Waals surface area contributed by atoms with Gasteiger partial charge in [0, 0.05) is 12.5 Å². The van der Waals surface area contributed by atoms with Crippen LogP contribution in [0.5, 0.6) is 5.75 Å². The van der Waals surface area contributed by atoms with Crippen LogP contribution in [0.4, 0.5) is 5.69 Å². The molecule has 1 aromatic carbocycles. The Labute approximate surface area is 165 Å². The predicted molar refractivity (Wildman–Crippen MR) is 104 cm³/mol. The highest BCUT2D eigenvalue weighted by Gasteiger charge is 2.28. The van der Waals surface area contributed by atoms with Gasteiger partial charge in [0.05, 0.1) is 5.69 Å². The summed E-state index contributed by atoms with van der Waals surface area (Å²) in [6.45, 7) is -0.178. The first-order valence-corrected chi connectivity index (χ1v) is 10.1. The van der Waals surface area contributed by atoms with Gasteiger partial charge in [-0.3, -0.25) is 19.3 Å². The van der Waals surface area contributed by atoms with Crippen LogP contribution in [0.15, 0.2) is 24.3 Å². The van der Waals surface area contributed by atoms with Crippen molar-refractivity contribution in [2.75, 3.05) is 18.1 Å².